The molecule has 0 aromatic carbocycles. The van der Waals surface area contributed by atoms with Gasteiger partial charge in [-0.3, -0.25) is 4.90 Å². The number of likely N-dealkylation sites (N-methyl/N-ethyl adjacent to an activating group) is 1. The maximum Gasteiger partial charge on any atom is 0.182 e. The lowest BCUT2D eigenvalue weighted by molar-refractivity contribution is 0.0884. The van der Waals surface area contributed by atoms with Crippen molar-refractivity contribution in [1.82, 2.24) is 19.9 Å². The number of hydrogen-bond donors (Lipinski definition) is 1. The van der Waals surface area contributed by atoms with Crippen molar-refractivity contribution in [3.8, 4) is 5.75 Å². The lowest BCUT2D eigenvalue weighted by atomic mass is 9.92. The van der Waals surface area contributed by atoms with Gasteiger partial charge in [0, 0.05) is 6.07 Å². The molecule has 114 valence electrons. The minimum Gasteiger partial charge on any atom is -0.489 e. The molecule has 2 aromatic heterocycles. The fourth-order valence-corrected chi connectivity index (χ4v) is 3.48. The van der Waals surface area contributed by atoms with Gasteiger partial charge in [0.2, 0.25) is 0 Å². The molecule has 0 amide bonds. The molecule has 0 aliphatic carbocycles. The van der Waals surface area contributed by atoms with Crippen LogP contribution in [0.3, 0.4) is 0 Å². The van der Waals surface area contributed by atoms with Crippen molar-refractivity contribution in [2.75, 3.05) is 20.2 Å². The molecule has 0 spiro atoms. The number of pyridine rings is 1. The number of aromatic nitrogens is 3. The molecule has 6 heteroatoms. The second kappa shape index (κ2) is 5.81. The van der Waals surface area contributed by atoms with Gasteiger partial charge in [0.05, 0.1) is 11.9 Å². The van der Waals surface area contributed by atoms with E-state index in [0.717, 1.165) is 30.7 Å². The maximum absolute atomic E-state index is 6.13. The molecule has 2 aromatic rings. The average Bonchev–Trinajstić information content (AvgIpc) is 3.04. The molecule has 3 rings (SSSR count). The van der Waals surface area contributed by atoms with E-state index >= 15 is 0 Å². The highest BCUT2D eigenvalue weighted by molar-refractivity contribution is 6.30. The van der Waals surface area contributed by atoms with Crippen LogP contribution in [-0.2, 0) is 0 Å². The molecule has 1 unspecified atom stereocenters. The van der Waals surface area contributed by atoms with Crippen LogP contribution >= 0.6 is 11.6 Å². The van der Waals surface area contributed by atoms with Gasteiger partial charge in [0.15, 0.2) is 5.65 Å². The highest BCUT2D eigenvalue weighted by Gasteiger charge is 2.38. The first kappa shape index (κ1) is 14.6. The largest absolute Gasteiger partial charge is 0.489 e. The number of likely N-dealkylation sites (tertiary alicyclic amines) is 1. The van der Waals surface area contributed by atoms with Crippen LogP contribution < -0.4 is 4.74 Å². The molecular formula is C15H21ClN4O. The average molecular weight is 309 g/mol. The van der Waals surface area contributed by atoms with Crippen molar-refractivity contribution >= 4 is 22.8 Å². The fourth-order valence-electron chi connectivity index (χ4n) is 3.30. The van der Waals surface area contributed by atoms with Crippen molar-refractivity contribution in [2.45, 2.75) is 38.1 Å². The lowest BCUT2D eigenvalue weighted by Crippen LogP contribution is -2.46. The highest BCUT2D eigenvalue weighted by Crippen LogP contribution is 2.34. The number of hydrogen-bond acceptors (Lipinski definition) is 4. The Balaban J connectivity index is 1.83. The predicted octanol–water partition coefficient (Wildman–Crippen LogP) is 3.25. The number of nitrogens with one attached hydrogen (secondary N) is 1. The number of ether oxygens (including phenoxy) is 1. The van der Waals surface area contributed by atoms with Crippen LogP contribution in [0.5, 0.6) is 5.75 Å². The summed E-state index contributed by atoms with van der Waals surface area (Å²) in [5.41, 5.74) is 1.55. The summed E-state index contributed by atoms with van der Waals surface area (Å²) >= 11 is 6.05. The van der Waals surface area contributed by atoms with E-state index in [4.69, 9.17) is 16.3 Å². The van der Waals surface area contributed by atoms with Gasteiger partial charge in [0.25, 0.3) is 0 Å². The van der Waals surface area contributed by atoms with Crippen LogP contribution in [0.1, 0.15) is 32.6 Å². The van der Waals surface area contributed by atoms with Crippen LogP contribution in [0.15, 0.2) is 12.4 Å². The van der Waals surface area contributed by atoms with Gasteiger partial charge >= 0.3 is 0 Å². The van der Waals surface area contributed by atoms with Gasteiger partial charge in [-0.15, -0.1) is 0 Å². The fraction of sp³-hybridized carbons (Fsp3) is 0.600. The molecule has 21 heavy (non-hydrogen) atoms. The topological polar surface area (TPSA) is 54.0 Å². The third kappa shape index (κ3) is 2.72. The zero-order valence-electron chi connectivity index (χ0n) is 12.5. The molecule has 5 nitrogen and oxygen atoms in total. The van der Waals surface area contributed by atoms with E-state index in [1.54, 1.807) is 12.4 Å². The Morgan fingerprint density at radius 2 is 2.38 bits per heavy atom. The van der Waals surface area contributed by atoms with E-state index in [1.165, 1.54) is 12.8 Å². The van der Waals surface area contributed by atoms with Crippen molar-refractivity contribution < 1.29 is 4.74 Å². The van der Waals surface area contributed by atoms with E-state index in [9.17, 15) is 0 Å². The van der Waals surface area contributed by atoms with Crippen molar-refractivity contribution in [2.24, 2.45) is 0 Å². The minimum atomic E-state index is 0.136. The van der Waals surface area contributed by atoms with Crippen LogP contribution in [0.4, 0.5) is 0 Å². The Hall–Kier alpha value is -1.33. The van der Waals surface area contributed by atoms with E-state index in [-0.39, 0.29) is 5.54 Å². The molecule has 1 saturated heterocycles. The molecule has 0 saturated carbocycles. The van der Waals surface area contributed by atoms with E-state index < -0.39 is 0 Å². The molecule has 1 aliphatic heterocycles. The van der Waals surface area contributed by atoms with Gasteiger partial charge in [-0.05, 0) is 32.9 Å². The number of halogens is 1. The number of nitrogens with zero attached hydrogens (tertiary/aromatic N) is 3. The van der Waals surface area contributed by atoms with Crippen molar-refractivity contribution in [3.05, 3.63) is 17.5 Å². The van der Waals surface area contributed by atoms with Gasteiger partial charge < -0.3 is 9.72 Å². The Morgan fingerprint density at radius 3 is 3.10 bits per heavy atom. The Morgan fingerprint density at radius 1 is 1.52 bits per heavy atom. The van der Waals surface area contributed by atoms with Gasteiger partial charge in [-0.1, -0.05) is 24.9 Å². The number of aromatic amines is 1. The maximum atomic E-state index is 6.13. The van der Waals surface area contributed by atoms with Crippen LogP contribution in [0, 0.1) is 0 Å². The third-order valence-electron chi connectivity index (χ3n) is 4.49. The van der Waals surface area contributed by atoms with Crippen molar-refractivity contribution in [1.29, 1.82) is 0 Å². The number of H-pyrrole nitrogens is 1. The number of rotatable bonds is 5. The molecule has 0 radical (unpaired) electrons. The zero-order valence-corrected chi connectivity index (χ0v) is 13.3. The summed E-state index contributed by atoms with van der Waals surface area (Å²) in [5.74, 6) is 0.735. The summed E-state index contributed by atoms with van der Waals surface area (Å²) < 4.78 is 6.13. The summed E-state index contributed by atoms with van der Waals surface area (Å²) in [6, 6.07) is 1.76. The van der Waals surface area contributed by atoms with Crippen LogP contribution in [-0.4, -0.2) is 45.6 Å². The normalized spacial score (nSPS) is 23.0. The molecule has 1 atom stereocenters. The summed E-state index contributed by atoms with van der Waals surface area (Å²) in [6.45, 7) is 4.04. The summed E-state index contributed by atoms with van der Waals surface area (Å²) in [4.78, 5) is 13.8. The third-order valence-corrected chi connectivity index (χ3v) is 4.68. The molecule has 1 fully saturated rings. The Labute approximate surface area is 129 Å². The Kier molecular flexibility index (Phi) is 4.04. The number of imidazole rings is 1. The first-order valence-corrected chi connectivity index (χ1v) is 7.86. The second-order valence-corrected chi connectivity index (χ2v) is 6.22. The van der Waals surface area contributed by atoms with Gasteiger partial charge in [0.1, 0.15) is 23.0 Å². The standard InChI is InChI=1S/C15H21ClN4O/c1-3-5-15(6-4-7-20(15)2)9-21-11-8-12(16)19-14-13(11)17-10-18-14/h8,10H,3-7,9H2,1-2H3,(H,17,18,19). The van der Waals surface area contributed by atoms with Crippen LogP contribution in [0.25, 0.3) is 11.2 Å². The van der Waals surface area contributed by atoms with Gasteiger partial charge in [-0.2, -0.15) is 0 Å². The Bertz CT molecular complexity index is 629. The van der Waals surface area contributed by atoms with E-state index in [2.05, 4.69) is 33.8 Å². The monoisotopic (exact) mass is 308 g/mol. The molecule has 0 bridgehead atoms. The highest BCUT2D eigenvalue weighted by atomic mass is 35.5. The molecule has 1 N–H and O–H groups in total. The van der Waals surface area contributed by atoms with Gasteiger partial charge in [-0.25, -0.2) is 9.97 Å². The minimum absolute atomic E-state index is 0.136. The van der Waals surface area contributed by atoms with E-state index in [1.807, 2.05) is 0 Å². The number of fused-ring (bicyclic) bond motifs is 1. The van der Waals surface area contributed by atoms with E-state index in [0.29, 0.717) is 17.4 Å². The quantitative estimate of drug-likeness (QED) is 0.861. The lowest BCUT2D eigenvalue weighted by Gasteiger charge is -2.36. The van der Waals surface area contributed by atoms with Crippen molar-refractivity contribution in [3.63, 3.8) is 0 Å². The zero-order chi connectivity index (χ0) is 14.9. The summed E-state index contributed by atoms with van der Waals surface area (Å²) in [6.07, 6.45) is 6.34. The van der Waals surface area contributed by atoms with Crippen LogP contribution in [0.2, 0.25) is 5.15 Å². The molecular weight excluding hydrogens is 288 g/mol. The first-order chi connectivity index (χ1) is 10.1. The SMILES string of the molecule is CCCC1(COc2cc(Cl)nc3nc[nH]c23)CCCN1C. The first-order valence-electron chi connectivity index (χ1n) is 7.48. The molecule has 1 aliphatic rings. The molecule has 3 heterocycles. The summed E-state index contributed by atoms with van der Waals surface area (Å²) in [5, 5.41) is 0.411. The summed E-state index contributed by atoms with van der Waals surface area (Å²) in [7, 11) is 2.19. The predicted molar refractivity (Wildman–Crippen MR) is 83.9 cm³/mol. The smallest absolute Gasteiger partial charge is 0.182 e. The second-order valence-electron chi connectivity index (χ2n) is 5.83.